The lowest BCUT2D eigenvalue weighted by atomic mass is 9.99. The lowest BCUT2D eigenvalue weighted by Crippen LogP contribution is -2.36. The van der Waals surface area contributed by atoms with Gasteiger partial charge in [-0.1, -0.05) is 12.1 Å². The van der Waals surface area contributed by atoms with E-state index in [9.17, 15) is 5.11 Å². The van der Waals surface area contributed by atoms with Crippen molar-refractivity contribution in [2.24, 2.45) is 5.92 Å². The summed E-state index contributed by atoms with van der Waals surface area (Å²) in [7, 11) is 0. The zero-order valence-electron chi connectivity index (χ0n) is 11.5. The van der Waals surface area contributed by atoms with Crippen LogP contribution < -0.4 is 5.73 Å². The number of nitrogen functional groups attached to an aromatic ring is 1. The van der Waals surface area contributed by atoms with E-state index < -0.39 is 0 Å². The summed E-state index contributed by atoms with van der Waals surface area (Å²) >= 11 is 0. The van der Waals surface area contributed by atoms with Gasteiger partial charge in [-0.05, 0) is 37.4 Å². The van der Waals surface area contributed by atoms with Gasteiger partial charge in [0.15, 0.2) is 0 Å². The minimum Gasteiger partial charge on any atom is -0.396 e. The predicted octanol–water partition coefficient (Wildman–Crippen LogP) is 1.42. The molecule has 3 N–H and O–H groups in total. The average Bonchev–Trinajstić information content (AvgIpc) is 2.47. The number of hydrogen-bond donors (Lipinski definition) is 2. The summed E-state index contributed by atoms with van der Waals surface area (Å²) in [6, 6.07) is 7.81. The Balaban J connectivity index is 1.80. The van der Waals surface area contributed by atoms with E-state index in [1.165, 1.54) is 0 Å². The van der Waals surface area contributed by atoms with Crippen molar-refractivity contribution in [3.63, 3.8) is 0 Å². The maximum Gasteiger partial charge on any atom is 0.145 e. The van der Waals surface area contributed by atoms with Crippen LogP contribution in [0.2, 0.25) is 0 Å². The number of nitrogens with two attached hydrogens (primary N) is 1. The molecule has 1 aliphatic heterocycles. The highest BCUT2D eigenvalue weighted by Crippen LogP contribution is 2.20. The number of rotatable bonds is 3. The van der Waals surface area contributed by atoms with Crippen LogP contribution in [0.5, 0.6) is 0 Å². The van der Waals surface area contributed by atoms with Gasteiger partial charge in [0.05, 0.1) is 12.1 Å². The Labute approximate surface area is 118 Å². The van der Waals surface area contributed by atoms with Crippen molar-refractivity contribution in [1.82, 2.24) is 14.9 Å². The summed E-state index contributed by atoms with van der Waals surface area (Å²) in [5.74, 6) is 1.68. The van der Waals surface area contributed by atoms with Gasteiger partial charge in [-0.3, -0.25) is 4.90 Å². The molecule has 5 heteroatoms. The summed E-state index contributed by atoms with van der Waals surface area (Å²) in [5, 5.41) is 10.2. The third kappa shape index (κ3) is 2.73. The van der Waals surface area contributed by atoms with Gasteiger partial charge in [0, 0.05) is 18.5 Å². The highest BCUT2D eigenvalue weighted by molar-refractivity contribution is 5.87. The predicted molar refractivity (Wildman–Crippen MR) is 79.0 cm³/mol. The van der Waals surface area contributed by atoms with Crippen LogP contribution >= 0.6 is 0 Å². The number of benzene rings is 1. The largest absolute Gasteiger partial charge is 0.396 e. The number of likely N-dealkylation sites (tertiary alicyclic amines) is 1. The fourth-order valence-corrected chi connectivity index (χ4v) is 2.87. The molecule has 1 aliphatic rings. The number of para-hydroxylation sites is 1. The summed E-state index contributed by atoms with van der Waals surface area (Å²) in [4.78, 5) is 11.3. The molecule has 0 spiro atoms. The Bertz CT molecular complexity index is 601. The van der Waals surface area contributed by atoms with Crippen LogP contribution in [0.3, 0.4) is 0 Å². The summed E-state index contributed by atoms with van der Waals surface area (Å²) < 4.78 is 0. The van der Waals surface area contributed by atoms with Crippen molar-refractivity contribution in [3.05, 3.63) is 30.1 Å². The molecular weight excluding hydrogens is 252 g/mol. The molecule has 0 bridgehead atoms. The fraction of sp³-hybridized carbons (Fsp3) is 0.467. The standard InChI is InChI=1S/C15H20N4O/c16-15-12-5-1-2-6-13(12)17-14(18-15)9-19-7-3-4-11(8-19)10-20/h1-2,5-6,11,20H,3-4,7-10H2,(H2,16,17,18). The van der Waals surface area contributed by atoms with Crippen LogP contribution in [-0.2, 0) is 6.54 Å². The van der Waals surface area contributed by atoms with E-state index in [1.807, 2.05) is 24.3 Å². The lowest BCUT2D eigenvalue weighted by molar-refractivity contribution is 0.114. The third-order valence-electron chi connectivity index (χ3n) is 3.91. The second kappa shape index (κ2) is 5.73. The molecule has 1 atom stereocenters. The van der Waals surface area contributed by atoms with Crippen LogP contribution in [0.15, 0.2) is 24.3 Å². The van der Waals surface area contributed by atoms with E-state index in [0.29, 0.717) is 18.3 Å². The second-order valence-corrected chi connectivity index (χ2v) is 5.47. The van der Waals surface area contributed by atoms with E-state index in [1.54, 1.807) is 0 Å². The average molecular weight is 272 g/mol. The highest BCUT2D eigenvalue weighted by Gasteiger charge is 2.20. The third-order valence-corrected chi connectivity index (χ3v) is 3.91. The number of aliphatic hydroxyl groups excluding tert-OH is 1. The number of nitrogens with zero attached hydrogens (tertiary/aromatic N) is 3. The molecule has 106 valence electrons. The zero-order valence-corrected chi connectivity index (χ0v) is 11.5. The van der Waals surface area contributed by atoms with Crippen LogP contribution in [0, 0.1) is 5.92 Å². The van der Waals surface area contributed by atoms with Crippen LogP contribution in [0.25, 0.3) is 10.9 Å². The van der Waals surface area contributed by atoms with Crippen molar-refractivity contribution >= 4 is 16.7 Å². The van der Waals surface area contributed by atoms with E-state index in [0.717, 1.165) is 42.7 Å². The minimum atomic E-state index is 0.261. The Morgan fingerprint density at radius 2 is 2.15 bits per heavy atom. The molecule has 20 heavy (non-hydrogen) atoms. The first-order valence-corrected chi connectivity index (χ1v) is 7.10. The molecule has 5 nitrogen and oxygen atoms in total. The van der Waals surface area contributed by atoms with Crippen molar-refractivity contribution in [1.29, 1.82) is 0 Å². The first-order valence-electron chi connectivity index (χ1n) is 7.10. The van der Waals surface area contributed by atoms with Crippen molar-refractivity contribution in [2.75, 3.05) is 25.4 Å². The second-order valence-electron chi connectivity index (χ2n) is 5.47. The summed E-state index contributed by atoms with van der Waals surface area (Å²) in [5.41, 5.74) is 6.90. The molecule has 1 fully saturated rings. The minimum absolute atomic E-state index is 0.261. The first kappa shape index (κ1) is 13.3. The van der Waals surface area contributed by atoms with Gasteiger partial charge in [-0.15, -0.1) is 0 Å². The molecule has 0 saturated carbocycles. The summed E-state index contributed by atoms with van der Waals surface area (Å²) in [6.45, 7) is 2.90. The van der Waals surface area contributed by atoms with E-state index >= 15 is 0 Å². The fourth-order valence-electron chi connectivity index (χ4n) is 2.87. The molecule has 3 rings (SSSR count). The molecule has 0 radical (unpaired) electrons. The topological polar surface area (TPSA) is 75.3 Å². The lowest BCUT2D eigenvalue weighted by Gasteiger charge is -2.31. The normalized spacial score (nSPS) is 20.4. The number of piperidine rings is 1. The number of anilines is 1. The van der Waals surface area contributed by atoms with Crippen LogP contribution in [-0.4, -0.2) is 39.7 Å². The molecule has 0 aliphatic carbocycles. The Morgan fingerprint density at radius 3 is 3.00 bits per heavy atom. The van der Waals surface area contributed by atoms with Gasteiger partial charge >= 0.3 is 0 Å². The van der Waals surface area contributed by atoms with Crippen molar-refractivity contribution < 1.29 is 5.11 Å². The number of aromatic nitrogens is 2. The van der Waals surface area contributed by atoms with Gasteiger partial charge in [-0.2, -0.15) is 0 Å². The molecule has 1 aromatic carbocycles. The maximum atomic E-state index is 9.28. The van der Waals surface area contributed by atoms with Crippen LogP contribution in [0.4, 0.5) is 5.82 Å². The maximum absolute atomic E-state index is 9.28. The highest BCUT2D eigenvalue weighted by atomic mass is 16.3. The molecule has 1 aromatic heterocycles. The SMILES string of the molecule is Nc1nc(CN2CCCC(CO)C2)nc2ccccc12. The first-order chi connectivity index (χ1) is 9.76. The zero-order chi connectivity index (χ0) is 13.9. The molecule has 1 saturated heterocycles. The smallest absolute Gasteiger partial charge is 0.145 e. The van der Waals surface area contributed by atoms with Crippen LogP contribution in [0.1, 0.15) is 18.7 Å². The monoisotopic (exact) mass is 272 g/mol. The number of fused-ring (bicyclic) bond motifs is 1. The molecular formula is C15H20N4O. The number of hydrogen-bond acceptors (Lipinski definition) is 5. The summed E-state index contributed by atoms with van der Waals surface area (Å²) in [6.07, 6.45) is 2.22. The van der Waals surface area contributed by atoms with Gasteiger partial charge in [0.25, 0.3) is 0 Å². The van der Waals surface area contributed by atoms with E-state index in [4.69, 9.17) is 5.73 Å². The van der Waals surface area contributed by atoms with Crippen molar-refractivity contribution in [2.45, 2.75) is 19.4 Å². The van der Waals surface area contributed by atoms with Gasteiger partial charge in [-0.25, -0.2) is 9.97 Å². The number of aliphatic hydroxyl groups is 1. The van der Waals surface area contributed by atoms with E-state index in [2.05, 4.69) is 14.9 Å². The molecule has 1 unspecified atom stereocenters. The van der Waals surface area contributed by atoms with Gasteiger partial charge < -0.3 is 10.8 Å². The van der Waals surface area contributed by atoms with Gasteiger partial charge in [0.1, 0.15) is 11.6 Å². The molecule has 2 aromatic rings. The van der Waals surface area contributed by atoms with E-state index in [-0.39, 0.29) is 6.61 Å². The Kier molecular flexibility index (Phi) is 3.80. The Hall–Kier alpha value is -1.72. The molecule has 2 heterocycles. The quantitative estimate of drug-likeness (QED) is 0.883. The Morgan fingerprint density at radius 1 is 1.30 bits per heavy atom. The molecule has 0 amide bonds. The van der Waals surface area contributed by atoms with Crippen molar-refractivity contribution in [3.8, 4) is 0 Å². The van der Waals surface area contributed by atoms with Gasteiger partial charge in [0.2, 0.25) is 0 Å².